The summed E-state index contributed by atoms with van der Waals surface area (Å²) < 4.78 is 16.0. The maximum Gasteiger partial charge on any atom is 0.229 e. The Kier molecular flexibility index (Phi) is 6.61. The number of likely N-dealkylation sites (tertiary alicyclic amines) is 1. The molecule has 3 heterocycles. The molecule has 0 unspecified atom stereocenters. The Morgan fingerprint density at radius 2 is 2.08 bits per heavy atom. The van der Waals surface area contributed by atoms with E-state index in [1.807, 2.05) is 4.90 Å². The summed E-state index contributed by atoms with van der Waals surface area (Å²) in [5.74, 6) is 1.47. The molecule has 146 valence electrons. The number of aromatic nitrogens is 2. The highest BCUT2D eigenvalue weighted by molar-refractivity contribution is 5.79. The van der Waals surface area contributed by atoms with Crippen LogP contribution in [0.25, 0.3) is 0 Å². The van der Waals surface area contributed by atoms with Crippen molar-refractivity contribution in [2.75, 3.05) is 39.9 Å². The van der Waals surface area contributed by atoms with Crippen LogP contribution in [-0.4, -0.2) is 77.9 Å². The van der Waals surface area contributed by atoms with Gasteiger partial charge >= 0.3 is 0 Å². The maximum atomic E-state index is 12.9. The van der Waals surface area contributed by atoms with Gasteiger partial charge in [0, 0.05) is 32.2 Å². The molecule has 2 aliphatic heterocycles. The number of methoxy groups -OCH3 is 1. The van der Waals surface area contributed by atoms with E-state index in [4.69, 9.17) is 14.0 Å². The van der Waals surface area contributed by atoms with Crippen molar-refractivity contribution in [1.29, 1.82) is 0 Å². The number of carbonyl (C=O) groups is 1. The van der Waals surface area contributed by atoms with Crippen molar-refractivity contribution in [3.05, 3.63) is 11.7 Å². The number of nitrogens with zero attached hydrogens (tertiary/aromatic N) is 4. The number of ether oxygens (including phenoxy) is 2. The molecule has 0 bridgehead atoms. The van der Waals surface area contributed by atoms with Crippen molar-refractivity contribution in [2.45, 2.75) is 51.9 Å². The molecule has 0 aliphatic carbocycles. The van der Waals surface area contributed by atoms with Gasteiger partial charge in [-0.1, -0.05) is 5.16 Å². The third kappa shape index (κ3) is 4.81. The van der Waals surface area contributed by atoms with Crippen molar-refractivity contribution in [3.8, 4) is 0 Å². The number of hydrogen-bond donors (Lipinski definition) is 0. The fourth-order valence-corrected chi connectivity index (χ4v) is 3.72. The first-order valence-electron chi connectivity index (χ1n) is 9.51. The summed E-state index contributed by atoms with van der Waals surface area (Å²) in [6, 6.07) is 0.552. The summed E-state index contributed by atoms with van der Waals surface area (Å²) in [6.07, 6.45) is 2.32. The van der Waals surface area contributed by atoms with Crippen molar-refractivity contribution in [1.82, 2.24) is 19.9 Å². The number of morpholine rings is 1. The number of piperidine rings is 1. The molecular weight excluding hydrogens is 336 g/mol. The number of hydrogen-bond acceptors (Lipinski definition) is 7. The molecule has 3 rings (SSSR count). The van der Waals surface area contributed by atoms with Crippen LogP contribution < -0.4 is 0 Å². The summed E-state index contributed by atoms with van der Waals surface area (Å²) in [5.41, 5.74) is 0. The quantitative estimate of drug-likeness (QED) is 0.746. The first-order chi connectivity index (χ1) is 12.6. The Hall–Kier alpha value is -1.51. The zero-order chi connectivity index (χ0) is 18.5. The van der Waals surface area contributed by atoms with Gasteiger partial charge in [-0.15, -0.1) is 0 Å². The van der Waals surface area contributed by atoms with Crippen LogP contribution in [0.3, 0.4) is 0 Å². The molecule has 8 heteroatoms. The molecule has 0 radical (unpaired) electrons. The van der Waals surface area contributed by atoms with E-state index < -0.39 is 0 Å². The van der Waals surface area contributed by atoms with Crippen molar-refractivity contribution in [3.63, 3.8) is 0 Å². The first-order valence-corrected chi connectivity index (χ1v) is 9.51. The molecule has 0 aromatic carbocycles. The van der Waals surface area contributed by atoms with Crippen LogP contribution in [0.4, 0.5) is 0 Å². The predicted octanol–water partition coefficient (Wildman–Crippen LogP) is 1.11. The first kappa shape index (κ1) is 19.3. The van der Waals surface area contributed by atoms with Crippen molar-refractivity contribution in [2.24, 2.45) is 5.92 Å². The van der Waals surface area contributed by atoms with Crippen LogP contribution >= 0.6 is 0 Å². The van der Waals surface area contributed by atoms with Gasteiger partial charge in [0.05, 0.1) is 19.1 Å². The molecule has 1 aromatic heterocycles. The molecule has 2 saturated heterocycles. The average Bonchev–Trinajstić information content (AvgIpc) is 3.08. The van der Waals surface area contributed by atoms with E-state index in [0.29, 0.717) is 50.5 Å². The molecule has 0 saturated carbocycles. The summed E-state index contributed by atoms with van der Waals surface area (Å²) in [4.78, 5) is 21.6. The second kappa shape index (κ2) is 8.92. The molecule has 2 fully saturated rings. The van der Waals surface area contributed by atoms with E-state index in [1.165, 1.54) is 0 Å². The maximum absolute atomic E-state index is 12.9. The van der Waals surface area contributed by atoms with E-state index in [2.05, 4.69) is 28.9 Å². The van der Waals surface area contributed by atoms with Gasteiger partial charge in [-0.05, 0) is 39.8 Å². The van der Waals surface area contributed by atoms with E-state index >= 15 is 0 Å². The van der Waals surface area contributed by atoms with Crippen LogP contribution in [0.2, 0.25) is 0 Å². The highest BCUT2D eigenvalue weighted by Gasteiger charge is 2.32. The minimum Gasteiger partial charge on any atom is -0.377 e. The molecule has 0 N–H and O–H groups in total. The van der Waals surface area contributed by atoms with Gasteiger partial charge in [0.2, 0.25) is 11.8 Å². The zero-order valence-corrected chi connectivity index (χ0v) is 16.0. The van der Waals surface area contributed by atoms with Crippen molar-refractivity contribution < 1.29 is 18.8 Å². The minimum absolute atomic E-state index is 0.0979. The molecule has 0 spiro atoms. The second-order valence-electron chi connectivity index (χ2n) is 7.42. The summed E-state index contributed by atoms with van der Waals surface area (Å²) in [6.45, 7) is 8.57. The van der Waals surface area contributed by atoms with Gasteiger partial charge in [-0.2, -0.15) is 4.98 Å². The lowest BCUT2D eigenvalue weighted by atomic mass is 9.94. The molecule has 8 nitrogen and oxygen atoms in total. The van der Waals surface area contributed by atoms with Crippen LogP contribution in [0.5, 0.6) is 0 Å². The predicted molar refractivity (Wildman–Crippen MR) is 94.5 cm³/mol. The fourth-order valence-electron chi connectivity index (χ4n) is 3.72. The lowest BCUT2D eigenvalue weighted by Crippen LogP contribution is -2.50. The lowest BCUT2D eigenvalue weighted by molar-refractivity contribution is -0.144. The van der Waals surface area contributed by atoms with E-state index in [0.717, 1.165) is 25.9 Å². The summed E-state index contributed by atoms with van der Waals surface area (Å²) in [5, 5.41) is 3.87. The van der Waals surface area contributed by atoms with Gasteiger partial charge in [-0.3, -0.25) is 4.79 Å². The van der Waals surface area contributed by atoms with Gasteiger partial charge in [0.1, 0.15) is 6.61 Å². The Morgan fingerprint density at radius 3 is 2.77 bits per heavy atom. The third-order valence-corrected chi connectivity index (χ3v) is 5.25. The standard InChI is InChI=1S/C18H30N4O4/c1-13(2)21-6-4-14(5-7-21)18(23)22-8-9-25-15(11-22)10-17-19-16(12-24-3)20-26-17/h13-15H,4-12H2,1-3H3/t15-/m1/s1. The van der Waals surface area contributed by atoms with Gasteiger partial charge in [-0.25, -0.2) is 0 Å². The van der Waals surface area contributed by atoms with Crippen LogP contribution in [0.1, 0.15) is 38.4 Å². The monoisotopic (exact) mass is 366 g/mol. The number of carbonyl (C=O) groups excluding carboxylic acids is 1. The normalized spacial score (nSPS) is 22.9. The molecule has 2 aliphatic rings. The fraction of sp³-hybridized carbons (Fsp3) is 0.833. The van der Waals surface area contributed by atoms with E-state index in [-0.39, 0.29) is 17.9 Å². The number of amides is 1. The summed E-state index contributed by atoms with van der Waals surface area (Å²) >= 11 is 0. The largest absolute Gasteiger partial charge is 0.377 e. The highest BCUT2D eigenvalue weighted by atomic mass is 16.5. The topological polar surface area (TPSA) is 80.9 Å². The molecular formula is C18H30N4O4. The average molecular weight is 366 g/mol. The van der Waals surface area contributed by atoms with Crippen LogP contribution in [0.15, 0.2) is 4.52 Å². The van der Waals surface area contributed by atoms with E-state index in [9.17, 15) is 4.79 Å². The summed E-state index contributed by atoms with van der Waals surface area (Å²) in [7, 11) is 1.59. The molecule has 1 aromatic rings. The number of rotatable bonds is 6. The third-order valence-electron chi connectivity index (χ3n) is 5.25. The van der Waals surface area contributed by atoms with E-state index in [1.54, 1.807) is 7.11 Å². The lowest BCUT2D eigenvalue weighted by Gasteiger charge is -2.38. The zero-order valence-electron chi connectivity index (χ0n) is 16.0. The highest BCUT2D eigenvalue weighted by Crippen LogP contribution is 2.22. The molecule has 1 atom stereocenters. The Labute approximate surface area is 154 Å². The Bertz CT molecular complexity index is 584. The van der Waals surface area contributed by atoms with Crippen molar-refractivity contribution >= 4 is 5.91 Å². The van der Waals surface area contributed by atoms with Crippen LogP contribution in [-0.2, 0) is 27.3 Å². The Morgan fingerprint density at radius 1 is 1.31 bits per heavy atom. The smallest absolute Gasteiger partial charge is 0.229 e. The van der Waals surface area contributed by atoms with Gasteiger partial charge in [0.15, 0.2) is 5.82 Å². The SMILES string of the molecule is COCc1noc(C[C@@H]2CN(C(=O)C3CCN(C(C)C)CC3)CCO2)n1. The minimum atomic E-state index is -0.0979. The van der Waals surface area contributed by atoms with Gasteiger partial charge < -0.3 is 23.8 Å². The Balaban J connectivity index is 1.50. The second-order valence-corrected chi connectivity index (χ2v) is 7.42. The van der Waals surface area contributed by atoms with Crippen LogP contribution in [0, 0.1) is 5.92 Å². The molecule has 1 amide bonds. The van der Waals surface area contributed by atoms with Gasteiger partial charge in [0.25, 0.3) is 0 Å². The molecule has 26 heavy (non-hydrogen) atoms.